The highest BCUT2D eigenvalue weighted by molar-refractivity contribution is 5.88. The number of hydrogen-bond donors (Lipinski definition) is 0. The molecule has 1 aliphatic carbocycles. The summed E-state index contributed by atoms with van der Waals surface area (Å²) in [4.78, 5) is 20.9. The van der Waals surface area contributed by atoms with Gasteiger partial charge in [0, 0.05) is 43.2 Å². The lowest BCUT2D eigenvalue weighted by atomic mass is 9.56. The molecule has 1 aliphatic heterocycles. The number of ketones is 1. The van der Waals surface area contributed by atoms with Crippen molar-refractivity contribution in [2.75, 3.05) is 13.1 Å². The molecular formula is C33H32N2O2. The van der Waals surface area contributed by atoms with E-state index in [0.29, 0.717) is 18.7 Å². The van der Waals surface area contributed by atoms with Crippen LogP contribution in [0.5, 0.6) is 0 Å². The third kappa shape index (κ3) is 4.53. The van der Waals surface area contributed by atoms with Crippen molar-refractivity contribution in [1.29, 1.82) is 0 Å². The van der Waals surface area contributed by atoms with Gasteiger partial charge in [0.1, 0.15) is 17.4 Å². The van der Waals surface area contributed by atoms with Crippen LogP contribution < -0.4 is 0 Å². The molecule has 0 amide bonds. The zero-order valence-electron chi connectivity index (χ0n) is 21.0. The first-order chi connectivity index (χ1) is 18.2. The Bertz CT molecular complexity index is 1310. The van der Waals surface area contributed by atoms with Crippen LogP contribution in [0.1, 0.15) is 35.3 Å². The molecule has 2 heterocycles. The van der Waals surface area contributed by atoms with E-state index in [1.54, 1.807) is 6.26 Å². The molecule has 2 atom stereocenters. The second kappa shape index (κ2) is 10.2. The third-order valence-corrected chi connectivity index (χ3v) is 8.28. The first-order valence-electron chi connectivity index (χ1n) is 13.2. The molecule has 3 aromatic carbocycles. The zero-order valence-corrected chi connectivity index (χ0v) is 21.0. The van der Waals surface area contributed by atoms with Crippen LogP contribution in [0, 0.1) is 11.8 Å². The van der Waals surface area contributed by atoms with Crippen LogP contribution in [-0.4, -0.2) is 29.6 Å². The van der Waals surface area contributed by atoms with Gasteiger partial charge in [0.25, 0.3) is 0 Å². The molecule has 1 saturated carbocycles. The molecule has 4 aromatic rings. The van der Waals surface area contributed by atoms with Gasteiger partial charge in [0.2, 0.25) is 0 Å². The van der Waals surface area contributed by atoms with Crippen LogP contribution >= 0.6 is 0 Å². The number of hydrogen-bond acceptors (Lipinski definition) is 3. The van der Waals surface area contributed by atoms with Crippen molar-refractivity contribution in [3.8, 4) is 0 Å². The van der Waals surface area contributed by atoms with Gasteiger partial charge in [0.15, 0.2) is 0 Å². The van der Waals surface area contributed by atoms with E-state index in [4.69, 9.17) is 9.41 Å². The minimum absolute atomic E-state index is 0.0150. The number of likely N-dealkylation sites (tertiary alicyclic amines) is 1. The average molecular weight is 489 g/mol. The van der Waals surface area contributed by atoms with Crippen LogP contribution in [0.4, 0.5) is 0 Å². The van der Waals surface area contributed by atoms with Crippen LogP contribution in [0.2, 0.25) is 0 Å². The summed E-state index contributed by atoms with van der Waals surface area (Å²) >= 11 is 0. The van der Waals surface area contributed by atoms with Gasteiger partial charge in [-0.3, -0.25) is 9.79 Å². The van der Waals surface area contributed by atoms with Crippen molar-refractivity contribution in [3.05, 3.63) is 132 Å². The second-order valence-electron chi connectivity index (χ2n) is 10.3. The summed E-state index contributed by atoms with van der Waals surface area (Å²) < 4.78 is 5.58. The molecule has 0 bridgehead atoms. The van der Waals surface area contributed by atoms with E-state index in [1.807, 2.05) is 18.2 Å². The van der Waals surface area contributed by atoms with Crippen LogP contribution in [-0.2, 0) is 23.2 Å². The van der Waals surface area contributed by atoms with E-state index in [1.165, 1.54) is 16.7 Å². The summed E-state index contributed by atoms with van der Waals surface area (Å²) in [6.45, 7) is 2.02. The summed E-state index contributed by atoms with van der Waals surface area (Å²) in [6.07, 6.45) is 3.88. The number of furan rings is 1. The van der Waals surface area contributed by atoms with E-state index in [2.05, 4.69) is 89.8 Å². The fourth-order valence-electron chi connectivity index (χ4n) is 6.50. The lowest BCUT2D eigenvalue weighted by Crippen LogP contribution is -2.47. The van der Waals surface area contributed by atoms with Crippen molar-refractivity contribution in [1.82, 2.24) is 4.90 Å². The Morgan fingerprint density at radius 3 is 2.11 bits per heavy atom. The average Bonchev–Trinajstić information content (AvgIpc) is 3.64. The van der Waals surface area contributed by atoms with Crippen molar-refractivity contribution in [2.24, 2.45) is 16.8 Å². The number of Topliss-reactive ketones (excluding diaryl/α,β-unsaturated/α-hetero) is 1. The van der Waals surface area contributed by atoms with Crippen LogP contribution in [0.25, 0.3) is 0 Å². The van der Waals surface area contributed by atoms with Crippen molar-refractivity contribution < 1.29 is 9.21 Å². The molecule has 186 valence electrons. The first kappa shape index (κ1) is 23.5. The van der Waals surface area contributed by atoms with Gasteiger partial charge < -0.3 is 9.32 Å². The quantitative estimate of drug-likeness (QED) is 0.236. The highest BCUT2D eigenvalue weighted by atomic mass is 16.3. The van der Waals surface area contributed by atoms with Gasteiger partial charge in [-0.15, -0.1) is 0 Å². The fraction of sp³-hybridized carbons (Fsp3) is 0.273. The minimum atomic E-state index is -0.200. The Morgan fingerprint density at radius 2 is 1.49 bits per heavy atom. The van der Waals surface area contributed by atoms with Gasteiger partial charge in [-0.25, -0.2) is 0 Å². The second-order valence-corrected chi connectivity index (χ2v) is 10.3. The Morgan fingerprint density at radius 1 is 0.838 bits per heavy atom. The zero-order chi connectivity index (χ0) is 25.1. The maximum atomic E-state index is 13.4. The van der Waals surface area contributed by atoms with Gasteiger partial charge in [0.05, 0.1) is 12.8 Å². The summed E-state index contributed by atoms with van der Waals surface area (Å²) in [7, 11) is 0. The molecule has 4 nitrogen and oxygen atoms in total. The van der Waals surface area contributed by atoms with E-state index in [-0.39, 0.29) is 17.3 Å². The Kier molecular flexibility index (Phi) is 6.48. The molecule has 1 saturated heterocycles. The van der Waals surface area contributed by atoms with Crippen molar-refractivity contribution >= 4 is 11.6 Å². The molecule has 0 spiro atoms. The lowest BCUT2D eigenvalue weighted by Gasteiger charge is -2.45. The molecule has 2 fully saturated rings. The molecule has 2 aliphatic rings. The monoisotopic (exact) mass is 488 g/mol. The van der Waals surface area contributed by atoms with Gasteiger partial charge in [-0.1, -0.05) is 91.0 Å². The SMILES string of the molecule is O=C1CCC(c2ccccc2)(c2ccccc2)C2CN(C(Cc3ccccc3)=NCc3ccco3)CC12. The molecule has 4 heteroatoms. The minimum Gasteiger partial charge on any atom is -0.467 e. The molecule has 1 aromatic heterocycles. The number of carbonyl (C=O) groups is 1. The topological polar surface area (TPSA) is 45.8 Å². The Labute approximate surface area is 218 Å². The standard InChI is InChI=1S/C33H32N2O2/c36-31-18-19-33(26-13-6-2-7-14-26,27-15-8-3-9-16-27)30-24-35(23-29(30)31)32(21-25-11-4-1-5-12-25)34-22-28-17-10-20-37-28/h1-17,20,29-30H,18-19,21-24H2. The number of fused-ring (bicyclic) bond motifs is 1. The molecule has 0 N–H and O–H groups in total. The number of carbonyl (C=O) groups excluding carboxylic acids is 1. The smallest absolute Gasteiger partial charge is 0.138 e. The van der Waals surface area contributed by atoms with Crippen LogP contribution in [0.15, 0.2) is 119 Å². The van der Waals surface area contributed by atoms with Gasteiger partial charge >= 0.3 is 0 Å². The molecular weight excluding hydrogens is 456 g/mol. The Balaban J connectivity index is 1.39. The number of aliphatic imine (C=N–C) groups is 1. The van der Waals surface area contributed by atoms with Crippen molar-refractivity contribution in [2.45, 2.75) is 31.2 Å². The maximum Gasteiger partial charge on any atom is 0.138 e. The highest BCUT2D eigenvalue weighted by Crippen LogP contribution is 2.52. The predicted octanol–water partition coefficient (Wildman–Crippen LogP) is 6.32. The molecule has 0 radical (unpaired) electrons. The highest BCUT2D eigenvalue weighted by Gasteiger charge is 2.54. The van der Waals surface area contributed by atoms with Gasteiger partial charge in [-0.05, 0) is 35.2 Å². The summed E-state index contributed by atoms with van der Waals surface area (Å²) in [5.74, 6) is 2.43. The number of nitrogens with zero attached hydrogens (tertiary/aromatic N) is 2. The summed E-state index contributed by atoms with van der Waals surface area (Å²) in [6, 6.07) is 36.0. The largest absolute Gasteiger partial charge is 0.467 e. The first-order valence-corrected chi connectivity index (χ1v) is 13.2. The normalized spacial score (nSPS) is 21.1. The van der Waals surface area contributed by atoms with E-state index in [0.717, 1.165) is 37.5 Å². The maximum absolute atomic E-state index is 13.4. The van der Waals surface area contributed by atoms with Crippen molar-refractivity contribution in [3.63, 3.8) is 0 Å². The predicted molar refractivity (Wildman–Crippen MR) is 146 cm³/mol. The molecule has 37 heavy (non-hydrogen) atoms. The molecule has 2 unspecified atom stereocenters. The lowest BCUT2D eigenvalue weighted by molar-refractivity contribution is -0.126. The van der Waals surface area contributed by atoms with E-state index >= 15 is 0 Å². The van der Waals surface area contributed by atoms with Gasteiger partial charge in [-0.2, -0.15) is 0 Å². The number of benzene rings is 3. The number of rotatable bonds is 6. The number of amidine groups is 1. The summed E-state index contributed by atoms with van der Waals surface area (Å²) in [5.41, 5.74) is 3.64. The van der Waals surface area contributed by atoms with E-state index in [9.17, 15) is 4.79 Å². The Hall–Kier alpha value is -3.92. The van der Waals surface area contributed by atoms with E-state index < -0.39 is 0 Å². The fourth-order valence-corrected chi connectivity index (χ4v) is 6.50. The summed E-state index contributed by atoms with van der Waals surface area (Å²) in [5, 5.41) is 0. The third-order valence-electron chi connectivity index (χ3n) is 8.28. The van der Waals surface area contributed by atoms with Crippen LogP contribution in [0.3, 0.4) is 0 Å². The molecule has 6 rings (SSSR count).